The average Bonchev–Trinajstić information content (AvgIpc) is 3.16. The van der Waals surface area contributed by atoms with E-state index in [-0.39, 0.29) is 24.1 Å². The Kier molecular flexibility index (Phi) is 4.90. The van der Waals surface area contributed by atoms with Crippen molar-refractivity contribution in [2.75, 3.05) is 11.9 Å². The van der Waals surface area contributed by atoms with Crippen LogP contribution in [0.3, 0.4) is 0 Å². The van der Waals surface area contributed by atoms with E-state index in [1.54, 1.807) is 36.4 Å². The lowest BCUT2D eigenvalue weighted by molar-refractivity contribution is -0.384. The number of fused-ring (bicyclic) bond motifs is 1. The van der Waals surface area contributed by atoms with Crippen LogP contribution in [0.4, 0.5) is 11.4 Å². The maximum atomic E-state index is 12.3. The van der Waals surface area contributed by atoms with E-state index in [2.05, 4.69) is 10.3 Å². The van der Waals surface area contributed by atoms with Crippen molar-refractivity contribution >= 4 is 28.4 Å². The summed E-state index contributed by atoms with van der Waals surface area (Å²) in [5, 5.41) is 13.7. The molecule has 8 nitrogen and oxygen atoms in total. The predicted molar refractivity (Wildman–Crippen MR) is 107 cm³/mol. The number of hydrogen-bond acceptors (Lipinski definition) is 6. The topological polar surface area (TPSA) is 108 Å². The Morgan fingerprint density at radius 1 is 1.07 bits per heavy atom. The number of non-ortho nitro benzene ring substituents is 1. The first-order valence-electron chi connectivity index (χ1n) is 8.72. The van der Waals surface area contributed by atoms with Crippen molar-refractivity contribution in [2.24, 2.45) is 0 Å². The van der Waals surface area contributed by atoms with Gasteiger partial charge in [-0.3, -0.25) is 14.9 Å². The molecule has 29 heavy (non-hydrogen) atoms. The van der Waals surface area contributed by atoms with Gasteiger partial charge in [-0.25, -0.2) is 4.98 Å². The minimum absolute atomic E-state index is 0.0835. The minimum Gasteiger partial charge on any atom is -0.484 e. The third-order valence-corrected chi connectivity index (χ3v) is 4.13. The number of para-hydroxylation sites is 2. The fourth-order valence-electron chi connectivity index (χ4n) is 2.77. The number of nitrogens with zero attached hydrogens (tertiary/aromatic N) is 2. The number of carbonyl (C=O) groups excluding carboxylic acids is 1. The molecule has 4 rings (SSSR count). The molecule has 0 bridgehead atoms. The van der Waals surface area contributed by atoms with Gasteiger partial charge in [0, 0.05) is 6.07 Å². The third-order valence-electron chi connectivity index (χ3n) is 4.13. The van der Waals surface area contributed by atoms with E-state index in [9.17, 15) is 14.9 Å². The molecular weight excluding hydrogens is 374 g/mol. The fourth-order valence-corrected chi connectivity index (χ4v) is 2.77. The summed E-state index contributed by atoms with van der Waals surface area (Å²) in [7, 11) is 0. The summed E-state index contributed by atoms with van der Waals surface area (Å²) in [5.41, 5.74) is 1.75. The summed E-state index contributed by atoms with van der Waals surface area (Å²) in [6, 6.07) is 20.2. The Morgan fingerprint density at radius 3 is 2.62 bits per heavy atom. The van der Waals surface area contributed by atoms with Crippen molar-refractivity contribution in [2.45, 2.75) is 0 Å². The molecule has 0 aliphatic rings. The highest BCUT2D eigenvalue weighted by atomic mass is 16.6. The van der Waals surface area contributed by atoms with E-state index in [4.69, 9.17) is 9.15 Å². The van der Waals surface area contributed by atoms with Gasteiger partial charge >= 0.3 is 0 Å². The van der Waals surface area contributed by atoms with Gasteiger partial charge < -0.3 is 14.5 Å². The van der Waals surface area contributed by atoms with E-state index >= 15 is 0 Å². The minimum atomic E-state index is -0.497. The first-order chi connectivity index (χ1) is 14.1. The lowest BCUT2D eigenvalue weighted by Crippen LogP contribution is -2.20. The first-order valence-corrected chi connectivity index (χ1v) is 8.72. The van der Waals surface area contributed by atoms with Crippen LogP contribution in [0.5, 0.6) is 5.75 Å². The van der Waals surface area contributed by atoms with Crippen LogP contribution in [0.1, 0.15) is 0 Å². The Labute approximate surface area is 164 Å². The van der Waals surface area contributed by atoms with Crippen LogP contribution in [-0.2, 0) is 4.79 Å². The monoisotopic (exact) mass is 389 g/mol. The number of nitro groups is 1. The molecule has 3 aromatic carbocycles. The third kappa shape index (κ3) is 4.06. The number of aromatic nitrogens is 1. The molecule has 1 amide bonds. The SMILES string of the molecule is O=C(COc1ccccc1)Nc1ccccc1-c1nc2ccc([N+](=O)[O-])cc2o1. The van der Waals surface area contributed by atoms with Crippen molar-refractivity contribution in [3.63, 3.8) is 0 Å². The average molecular weight is 389 g/mol. The second kappa shape index (κ2) is 7.81. The zero-order valence-electron chi connectivity index (χ0n) is 15.1. The van der Waals surface area contributed by atoms with Crippen LogP contribution in [0.15, 0.2) is 77.2 Å². The van der Waals surface area contributed by atoms with Crippen LogP contribution < -0.4 is 10.1 Å². The van der Waals surface area contributed by atoms with E-state index in [1.807, 2.05) is 18.2 Å². The molecule has 0 aliphatic heterocycles. The number of nitro benzene ring substituents is 1. The van der Waals surface area contributed by atoms with Gasteiger partial charge in [0.25, 0.3) is 11.6 Å². The zero-order chi connectivity index (χ0) is 20.2. The molecule has 144 valence electrons. The molecule has 0 atom stereocenters. The standard InChI is InChI=1S/C21H15N3O5/c25-20(13-28-15-6-2-1-3-7-15)22-17-9-5-4-8-16(17)21-23-18-11-10-14(24(26)27)12-19(18)29-21/h1-12H,13H2,(H,22,25). The van der Waals surface area contributed by atoms with Gasteiger partial charge in [0.05, 0.1) is 22.2 Å². The number of carbonyl (C=O) groups is 1. The smallest absolute Gasteiger partial charge is 0.273 e. The number of anilines is 1. The number of oxazole rings is 1. The van der Waals surface area contributed by atoms with Crippen LogP contribution in [0.2, 0.25) is 0 Å². The zero-order valence-corrected chi connectivity index (χ0v) is 15.1. The van der Waals surface area contributed by atoms with Crippen molar-refractivity contribution in [1.29, 1.82) is 0 Å². The molecule has 1 heterocycles. The quantitative estimate of drug-likeness (QED) is 0.386. The predicted octanol–water partition coefficient (Wildman–Crippen LogP) is 4.42. The fraction of sp³-hybridized carbons (Fsp3) is 0.0476. The van der Waals surface area contributed by atoms with Gasteiger partial charge in [-0.2, -0.15) is 0 Å². The normalized spacial score (nSPS) is 10.6. The van der Waals surface area contributed by atoms with Crippen molar-refractivity contribution in [3.05, 3.63) is 82.9 Å². The number of benzene rings is 3. The summed E-state index contributed by atoms with van der Waals surface area (Å²) < 4.78 is 11.2. The molecule has 1 N–H and O–H groups in total. The molecule has 0 unspecified atom stereocenters. The Morgan fingerprint density at radius 2 is 1.83 bits per heavy atom. The van der Waals surface area contributed by atoms with Gasteiger partial charge in [0.2, 0.25) is 5.89 Å². The summed E-state index contributed by atoms with van der Waals surface area (Å²) >= 11 is 0. The van der Waals surface area contributed by atoms with E-state index < -0.39 is 4.92 Å². The van der Waals surface area contributed by atoms with Gasteiger partial charge in [-0.05, 0) is 30.3 Å². The first kappa shape index (κ1) is 18.2. The van der Waals surface area contributed by atoms with Crippen molar-refractivity contribution < 1.29 is 18.9 Å². The van der Waals surface area contributed by atoms with E-state index in [1.165, 1.54) is 18.2 Å². The van der Waals surface area contributed by atoms with Gasteiger partial charge in [0.15, 0.2) is 12.2 Å². The molecule has 0 spiro atoms. The number of nitrogens with one attached hydrogen (secondary N) is 1. The van der Waals surface area contributed by atoms with Gasteiger partial charge in [0.1, 0.15) is 11.3 Å². The number of hydrogen-bond donors (Lipinski definition) is 1. The maximum Gasteiger partial charge on any atom is 0.273 e. The van der Waals surface area contributed by atoms with E-state index in [0.717, 1.165) is 0 Å². The molecular formula is C21H15N3O5. The van der Waals surface area contributed by atoms with Gasteiger partial charge in [-0.15, -0.1) is 0 Å². The largest absolute Gasteiger partial charge is 0.484 e. The molecule has 8 heteroatoms. The molecule has 0 radical (unpaired) electrons. The second-order valence-electron chi connectivity index (χ2n) is 6.12. The van der Waals surface area contributed by atoms with Crippen LogP contribution in [-0.4, -0.2) is 22.4 Å². The van der Waals surface area contributed by atoms with Crippen LogP contribution in [0, 0.1) is 10.1 Å². The van der Waals surface area contributed by atoms with Crippen molar-refractivity contribution in [1.82, 2.24) is 4.98 Å². The van der Waals surface area contributed by atoms with Gasteiger partial charge in [-0.1, -0.05) is 30.3 Å². The number of ether oxygens (including phenoxy) is 1. The van der Waals surface area contributed by atoms with E-state index in [0.29, 0.717) is 28.1 Å². The lowest BCUT2D eigenvalue weighted by atomic mass is 10.1. The highest BCUT2D eigenvalue weighted by molar-refractivity contribution is 5.96. The molecule has 0 saturated carbocycles. The number of rotatable bonds is 6. The lowest BCUT2D eigenvalue weighted by Gasteiger charge is -2.10. The Bertz CT molecular complexity index is 1190. The Hall–Kier alpha value is -4.20. The maximum absolute atomic E-state index is 12.3. The summed E-state index contributed by atoms with van der Waals surface area (Å²) in [5.74, 6) is 0.505. The highest BCUT2D eigenvalue weighted by Crippen LogP contribution is 2.31. The summed E-state index contributed by atoms with van der Waals surface area (Å²) in [4.78, 5) is 27.1. The highest BCUT2D eigenvalue weighted by Gasteiger charge is 2.16. The number of amides is 1. The van der Waals surface area contributed by atoms with Crippen molar-refractivity contribution in [3.8, 4) is 17.2 Å². The van der Waals surface area contributed by atoms with Crippen LogP contribution >= 0.6 is 0 Å². The summed E-state index contributed by atoms with van der Waals surface area (Å²) in [6.07, 6.45) is 0. The molecule has 0 aliphatic carbocycles. The summed E-state index contributed by atoms with van der Waals surface area (Å²) in [6.45, 7) is -0.155. The Balaban J connectivity index is 1.56. The second-order valence-corrected chi connectivity index (χ2v) is 6.12. The molecule has 1 aromatic heterocycles. The molecule has 4 aromatic rings. The molecule has 0 saturated heterocycles. The van der Waals surface area contributed by atoms with Crippen LogP contribution in [0.25, 0.3) is 22.6 Å². The molecule has 0 fully saturated rings.